The maximum atomic E-state index is 13.1. The van der Waals surface area contributed by atoms with Crippen molar-refractivity contribution in [2.24, 2.45) is 0 Å². The number of carbonyl (C=O) groups excluding carboxylic acids is 2. The van der Waals surface area contributed by atoms with Gasteiger partial charge in [0.15, 0.2) is 0 Å². The van der Waals surface area contributed by atoms with Crippen LogP contribution in [0.5, 0.6) is 0 Å². The Bertz CT molecular complexity index is 950. The highest BCUT2D eigenvalue weighted by Gasteiger charge is 2.19. The van der Waals surface area contributed by atoms with E-state index in [-0.39, 0.29) is 23.6 Å². The normalized spacial score (nSPS) is 10.7. The Hall–Kier alpha value is -3.29. The van der Waals surface area contributed by atoms with Crippen LogP contribution in [0.2, 0.25) is 0 Å². The Kier molecular flexibility index (Phi) is 4.42. The molecule has 3 rings (SSSR count). The summed E-state index contributed by atoms with van der Waals surface area (Å²) in [7, 11) is 1.23. The van der Waals surface area contributed by atoms with E-state index >= 15 is 0 Å². The smallest absolute Gasteiger partial charge is 0.325 e. The number of pyridine rings is 1. The van der Waals surface area contributed by atoms with Crippen molar-refractivity contribution in [2.45, 2.75) is 6.92 Å². The third-order valence-electron chi connectivity index (χ3n) is 3.62. The molecule has 2 heterocycles. The number of aromatic nitrogens is 2. The van der Waals surface area contributed by atoms with E-state index in [1.165, 1.54) is 19.2 Å². The molecule has 128 valence electrons. The second kappa shape index (κ2) is 6.68. The highest BCUT2D eigenvalue weighted by molar-refractivity contribution is 6.07. The first-order valence-electron chi connectivity index (χ1n) is 7.37. The number of fused-ring (bicyclic) bond motifs is 1. The van der Waals surface area contributed by atoms with E-state index in [4.69, 9.17) is 4.52 Å². The first-order valence-corrected chi connectivity index (χ1v) is 7.37. The number of hydrogen-bond donors (Lipinski definition) is 1. The summed E-state index contributed by atoms with van der Waals surface area (Å²) in [5.41, 5.74) is 1.97. The van der Waals surface area contributed by atoms with Crippen molar-refractivity contribution < 1.29 is 23.2 Å². The van der Waals surface area contributed by atoms with Crippen molar-refractivity contribution >= 4 is 23.0 Å². The number of hydrogen-bond acceptors (Lipinski definition) is 6. The molecule has 1 aromatic carbocycles. The Morgan fingerprint density at radius 3 is 2.68 bits per heavy atom. The number of methoxy groups -OCH3 is 1. The van der Waals surface area contributed by atoms with Crippen LogP contribution in [-0.2, 0) is 9.53 Å². The molecular weight excluding hydrogens is 329 g/mol. The lowest BCUT2D eigenvalue weighted by molar-refractivity contribution is -0.139. The molecule has 0 radical (unpaired) electrons. The zero-order valence-electron chi connectivity index (χ0n) is 13.5. The fraction of sp³-hybridized carbons (Fsp3) is 0.176. The molecule has 0 atom stereocenters. The van der Waals surface area contributed by atoms with Gasteiger partial charge >= 0.3 is 5.97 Å². The van der Waals surface area contributed by atoms with Crippen LogP contribution >= 0.6 is 0 Å². The zero-order valence-corrected chi connectivity index (χ0v) is 13.5. The molecule has 0 aliphatic carbocycles. The van der Waals surface area contributed by atoms with Gasteiger partial charge in [-0.3, -0.25) is 9.59 Å². The number of esters is 1. The van der Waals surface area contributed by atoms with E-state index in [0.717, 1.165) is 0 Å². The van der Waals surface area contributed by atoms with Crippen molar-refractivity contribution in [1.29, 1.82) is 0 Å². The number of rotatable bonds is 4. The largest absolute Gasteiger partial charge is 0.468 e. The summed E-state index contributed by atoms with van der Waals surface area (Å²) in [6, 6.07) is 7.23. The minimum Gasteiger partial charge on any atom is -0.468 e. The lowest BCUT2D eigenvalue weighted by Gasteiger charge is -2.07. The van der Waals surface area contributed by atoms with Crippen molar-refractivity contribution in [3.8, 4) is 11.3 Å². The zero-order chi connectivity index (χ0) is 18.0. The summed E-state index contributed by atoms with van der Waals surface area (Å²) in [6.45, 7) is 1.41. The minimum absolute atomic E-state index is 0.183. The fourth-order valence-corrected chi connectivity index (χ4v) is 2.36. The van der Waals surface area contributed by atoms with Crippen LogP contribution in [0.1, 0.15) is 16.1 Å². The van der Waals surface area contributed by atoms with Gasteiger partial charge in [0.1, 0.15) is 12.4 Å². The molecule has 1 N–H and O–H groups in total. The average molecular weight is 343 g/mol. The van der Waals surface area contributed by atoms with Gasteiger partial charge in [-0.25, -0.2) is 9.37 Å². The topological polar surface area (TPSA) is 94.3 Å². The van der Waals surface area contributed by atoms with Gasteiger partial charge < -0.3 is 14.6 Å². The first kappa shape index (κ1) is 16.6. The molecule has 3 aromatic rings. The molecule has 0 aliphatic rings. The Labute approximate surface area is 141 Å². The van der Waals surface area contributed by atoms with Gasteiger partial charge in [0.2, 0.25) is 0 Å². The first-order chi connectivity index (χ1) is 12.0. The molecular formula is C17H14FN3O4. The van der Waals surface area contributed by atoms with Crippen molar-refractivity contribution in [3.05, 3.63) is 47.4 Å². The van der Waals surface area contributed by atoms with Gasteiger partial charge in [0.25, 0.3) is 11.6 Å². The quantitative estimate of drug-likeness (QED) is 0.730. The number of benzene rings is 1. The number of carbonyl (C=O) groups is 2. The Morgan fingerprint density at radius 1 is 1.28 bits per heavy atom. The number of ether oxygens (including phenoxy) is 1. The van der Waals surface area contributed by atoms with Crippen molar-refractivity contribution in [2.75, 3.05) is 13.7 Å². The second-order valence-corrected chi connectivity index (χ2v) is 5.27. The monoisotopic (exact) mass is 343 g/mol. The summed E-state index contributed by atoms with van der Waals surface area (Å²) < 4.78 is 22.8. The number of aryl methyl sites for hydroxylation is 1. The van der Waals surface area contributed by atoms with Crippen LogP contribution in [0.15, 0.2) is 34.9 Å². The van der Waals surface area contributed by atoms with Gasteiger partial charge in [-0.15, -0.1) is 0 Å². The second-order valence-electron chi connectivity index (χ2n) is 5.27. The minimum atomic E-state index is -0.570. The number of amides is 1. The van der Waals surface area contributed by atoms with Crippen LogP contribution in [0.25, 0.3) is 22.4 Å². The molecule has 0 saturated carbocycles. The Morgan fingerprint density at radius 2 is 2.00 bits per heavy atom. The molecule has 2 aromatic heterocycles. The predicted molar refractivity (Wildman–Crippen MR) is 86.3 cm³/mol. The number of nitrogens with zero attached hydrogens (tertiary/aromatic N) is 2. The summed E-state index contributed by atoms with van der Waals surface area (Å²) in [5.74, 6) is -1.44. The highest BCUT2D eigenvalue weighted by atomic mass is 19.1. The molecule has 0 saturated heterocycles. The summed E-state index contributed by atoms with van der Waals surface area (Å²) in [5, 5.41) is 6.76. The molecule has 8 heteroatoms. The lowest BCUT2D eigenvalue weighted by atomic mass is 10.1. The van der Waals surface area contributed by atoms with E-state index in [9.17, 15) is 14.0 Å². The van der Waals surface area contributed by atoms with Crippen LogP contribution < -0.4 is 5.32 Å². The van der Waals surface area contributed by atoms with Gasteiger partial charge in [-0.1, -0.05) is 5.16 Å². The summed E-state index contributed by atoms with van der Waals surface area (Å²) in [4.78, 5) is 28.1. The summed E-state index contributed by atoms with van der Waals surface area (Å²) >= 11 is 0. The van der Waals surface area contributed by atoms with E-state index in [2.05, 4.69) is 20.2 Å². The molecule has 0 bridgehead atoms. The third kappa shape index (κ3) is 3.32. The number of nitrogens with one attached hydrogen (secondary N) is 1. The van der Waals surface area contributed by atoms with Gasteiger partial charge in [-0.05, 0) is 37.3 Å². The van der Waals surface area contributed by atoms with Crippen LogP contribution in [0.3, 0.4) is 0 Å². The van der Waals surface area contributed by atoms with Crippen molar-refractivity contribution in [3.63, 3.8) is 0 Å². The van der Waals surface area contributed by atoms with E-state index in [1.54, 1.807) is 25.1 Å². The molecule has 1 amide bonds. The molecule has 25 heavy (non-hydrogen) atoms. The maximum Gasteiger partial charge on any atom is 0.325 e. The SMILES string of the molecule is COC(=O)CNC(=O)c1cc(-c2ccc(F)cc2)nc2onc(C)c12. The fourth-order valence-electron chi connectivity index (χ4n) is 2.36. The van der Waals surface area contributed by atoms with Gasteiger partial charge in [-0.2, -0.15) is 0 Å². The van der Waals surface area contributed by atoms with Crippen LogP contribution in [0, 0.1) is 12.7 Å². The molecule has 7 nitrogen and oxygen atoms in total. The predicted octanol–water partition coefficient (Wildman–Crippen LogP) is 2.24. The molecule has 0 fully saturated rings. The maximum absolute atomic E-state index is 13.1. The number of halogens is 1. The van der Waals surface area contributed by atoms with E-state index in [0.29, 0.717) is 22.3 Å². The van der Waals surface area contributed by atoms with Crippen molar-refractivity contribution in [1.82, 2.24) is 15.5 Å². The summed E-state index contributed by atoms with van der Waals surface area (Å²) in [6.07, 6.45) is 0. The molecule has 0 aliphatic heterocycles. The van der Waals surface area contributed by atoms with Crippen LogP contribution in [-0.4, -0.2) is 35.7 Å². The molecule has 0 unspecified atom stereocenters. The lowest BCUT2D eigenvalue weighted by Crippen LogP contribution is -2.30. The molecule has 0 spiro atoms. The highest BCUT2D eigenvalue weighted by Crippen LogP contribution is 2.27. The third-order valence-corrected chi connectivity index (χ3v) is 3.62. The van der Waals surface area contributed by atoms with E-state index < -0.39 is 11.9 Å². The Balaban J connectivity index is 2.06. The van der Waals surface area contributed by atoms with Crippen LogP contribution in [0.4, 0.5) is 4.39 Å². The van der Waals surface area contributed by atoms with E-state index in [1.807, 2.05) is 0 Å². The van der Waals surface area contributed by atoms with Gasteiger partial charge in [0, 0.05) is 5.56 Å². The standard InChI is InChI=1S/C17H14FN3O4/c1-9-15-12(16(23)19-8-14(22)24-2)7-13(20-17(15)25-21-9)10-3-5-11(18)6-4-10/h3-7H,8H2,1-2H3,(H,19,23). The average Bonchev–Trinajstić information content (AvgIpc) is 3.00. The van der Waals surface area contributed by atoms with Gasteiger partial charge in [0.05, 0.1) is 29.4 Å².